The third kappa shape index (κ3) is 9.05. The number of allylic oxidation sites excluding steroid dienone is 1. The predicted octanol–water partition coefficient (Wildman–Crippen LogP) is 15.5. The summed E-state index contributed by atoms with van der Waals surface area (Å²) in [7, 11) is 0. The van der Waals surface area contributed by atoms with Crippen LogP contribution in [0.1, 0.15) is 98.4 Å². The quantitative estimate of drug-likeness (QED) is 0.142. The van der Waals surface area contributed by atoms with E-state index in [2.05, 4.69) is 249 Å². The minimum absolute atomic E-state index is 0. The van der Waals surface area contributed by atoms with Crippen molar-refractivity contribution >= 4 is 33.2 Å². The van der Waals surface area contributed by atoms with Crippen LogP contribution in [0.5, 0.6) is 11.5 Å². The van der Waals surface area contributed by atoms with Crippen LogP contribution in [-0.2, 0) is 37.3 Å². The van der Waals surface area contributed by atoms with Gasteiger partial charge in [0.1, 0.15) is 5.82 Å². The minimum Gasteiger partial charge on any atom is -0.509 e. The predicted molar refractivity (Wildman–Crippen MR) is 267 cm³/mol. The van der Waals surface area contributed by atoms with Gasteiger partial charge in [0.25, 0.3) is 0 Å². The van der Waals surface area contributed by atoms with Crippen molar-refractivity contribution in [1.82, 2.24) is 9.55 Å². The summed E-state index contributed by atoms with van der Waals surface area (Å²) in [5.41, 5.74) is 11.8. The second kappa shape index (κ2) is 17.1. The summed E-state index contributed by atoms with van der Waals surface area (Å²) in [5, 5.41) is 2.24. The molecule has 6 heteroatoms. The van der Waals surface area contributed by atoms with Crippen LogP contribution in [-0.4, -0.2) is 9.55 Å². The Hall–Kier alpha value is -5.90. The molecule has 1 aliphatic rings. The molecule has 0 saturated heterocycles. The number of para-hydroxylation sites is 1. The van der Waals surface area contributed by atoms with Crippen molar-refractivity contribution in [2.24, 2.45) is 5.41 Å². The van der Waals surface area contributed by atoms with Crippen molar-refractivity contribution in [1.29, 1.82) is 0 Å². The summed E-state index contributed by atoms with van der Waals surface area (Å²) in [6, 6.07) is 57.2. The number of hydrogen-bond donors (Lipinski definition) is 0. The van der Waals surface area contributed by atoms with Gasteiger partial charge < -0.3 is 19.1 Å². The van der Waals surface area contributed by atoms with Crippen LogP contribution in [0.2, 0.25) is 0 Å². The average molecular weight is 1040 g/mol. The Morgan fingerprint density at radius 1 is 0.538 bits per heavy atom. The molecule has 5 nitrogen and oxygen atoms in total. The molecule has 2 aromatic heterocycles. The molecule has 3 heterocycles. The first-order valence-corrected chi connectivity index (χ1v) is 22.4. The third-order valence-electron chi connectivity index (χ3n) is 12.6. The zero-order valence-corrected chi connectivity index (χ0v) is 41.8. The third-order valence-corrected chi connectivity index (χ3v) is 12.6. The Bertz CT molecular complexity index is 3030. The van der Waals surface area contributed by atoms with Gasteiger partial charge in [0, 0.05) is 66.5 Å². The first-order chi connectivity index (χ1) is 30.3. The number of aromatic nitrogens is 2. The van der Waals surface area contributed by atoms with E-state index in [0.29, 0.717) is 11.5 Å². The monoisotopic (exact) mass is 1030 g/mol. The molecule has 0 aliphatic carbocycles. The molecule has 0 unspecified atom stereocenters. The fraction of sp³-hybridized carbons (Fsp3) is 0.254. The molecule has 0 amide bonds. The van der Waals surface area contributed by atoms with E-state index in [4.69, 9.17) is 9.72 Å². The molecule has 6 aromatic carbocycles. The molecule has 1 aliphatic heterocycles. The Kier molecular flexibility index (Phi) is 12.0. The normalized spacial score (nSPS) is 13.6. The molecule has 0 fully saturated rings. The molecule has 9 rings (SSSR count). The summed E-state index contributed by atoms with van der Waals surface area (Å²) < 4.78 is 9.04. The number of nitrogens with zero attached hydrogens (tertiary/aromatic N) is 4. The smallest absolute Gasteiger partial charge is 0.135 e. The van der Waals surface area contributed by atoms with Crippen LogP contribution < -0.4 is 14.5 Å². The zero-order valence-electron chi connectivity index (χ0n) is 39.5. The van der Waals surface area contributed by atoms with Gasteiger partial charge in [-0.05, 0) is 80.6 Å². The Balaban J connectivity index is 0.00000576. The first kappa shape index (κ1) is 45.7. The number of ether oxygens (including phenoxy) is 1. The number of benzene rings is 6. The van der Waals surface area contributed by atoms with Crippen LogP contribution in [0, 0.1) is 24.2 Å². The van der Waals surface area contributed by atoms with Crippen LogP contribution >= 0.6 is 0 Å². The molecular formula is C59H59N4OPt-3. The Morgan fingerprint density at radius 2 is 1.22 bits per heavy atom. The van der Waals surface area contributed by atoms with Gasteiger partial charge in [-0.2, -0.15) is 6.07 Å². The number of pyridine rings is 1. The zero-order chi connectivity index (χ0) is 45.2. The van der Waals surface area contributed by atoms with E-state index >= 15 is 0 Å². The fourth-order valence-corrected chi connectivity index (χ4v) is 8.69. The summed E-state index contributed by atoms with van der Waals surface area (Å²) in [6.07, 6.45) is 4.17. The number of anilines is 2. The SMILES string of the molecule is CC(C)(C)C1=CN(c2[c-]c(Oc3[c-]c4c(cc3)c3ccccc3n4-c3cc(C(C)(C)C)ccn3)cc(C(C)(C)C)c2)[CH-]N1c1cc(-c2ccccc2)cc(C(C)(C)c2ccccc2)c1.[Pt]. The number of fused-ring (bicyclic) bond motifs is 3. The molecule has 0 bridgehead atoms. The van der Waals surface area contributed by atoms with Gasteiger partial charge in [-0.25, -0.2) is 4.98 Å². The minimum atomic E-state index is -0.242. The molecule has 8 aromatic rings. The number of rotatable bonds is 8. The molecule has 0 saturated carbocycles. The van der Waals surface area contributed by atoms with E-state index < -0.39 is 0 Å². The van der Waals surface area contributed by atoms with E-state index in [1.807, 2.05) is 12.3 Å². The van der Waals surface area contributed by atoms with E-state index in [0.717, 1.165) is 44.6 Å². The molecule has 65 heavy (non-hydrogen) atoms. The van der Waals surface area contributed by atoms with Gasteiger partial charge in [-0.3, -0.25) is 0 Å². The van der Waals surface area contributed by atoms with Crippen molar-refractivity contribution in [3.8, 4) is 28.4 Å². The second-order valence-electron chi connectivity index (χ2n) is 20.8. The number of hydrogen-bond acceptors (Lipinski definition) is 4. The topological polar surface area (TPSA) is 33.5 Å². The van der Waals surface area contributed by atoms with Gasteiger partial charge in [0.05, 0.1) is 0 Å². The van der Waals surface area contributed by atoms with Gasteiger partial charge in [0.15, 0.2) is 0 Å². The maximum absolute atomic E-state index is 6.83. The Morgan fingerprint density at radius 3 is 1.91 bits per heavy atom. The van der Waals surface area contributed by atoms with Gasteiger partial charge in [0.2, 0.25) is 0 Å². The molecule has 0 radical (unpaired) electrons. The van der Waals surface area contributed by atoms with Crippen molar-refractivity contribution in [3.05, 3.63) is 199 Å². The van der Waals surface area contributed by atoms with Gasteiger partial charge in [-0.1, -0.05) is 167 Å². The molecule has 334 valence electrons. The van der Waals surface area contributed by atoms with E-state index in [9.17, 15) is 0 Å². The molecule has 0 spiro atoms. The van der Waals surface area contributed by atoms with Crippen LogP contribution in [0.15, 0.2) is 158 Å². The van der Waals surface area contributed by atoms with Gasteiger partial charge >= 0.3 is 0 Å². The largest absolute Gasteiger partial charge is 0.509 e. The standard InChI is InChI=1S/C59H59N4O.Pt/c1-56(2,3)43-28-29-60-55(35-43)63-52-25-19-18-24-50(52)51-27-26-48(37-53(51)63)64-49-34-44(57(4,5)6)32-46(36-49)61-38-54(58(7,8)9)62(39-61)47-31-41(40-20-14-12-15-21-40)30-45(33-47)59(10,11)42-22-16-13-17-23-42;/h12-35,38-39H,1-11H3;/q-3;. The van der Waals surface area contributed by atoms with Crippen molar-refractivity contribution in [2.45, 2.75) is 92.4 Å². The fourth-order valence-electron chi connectivity index (χ4n) is 8.69. The van der Waals surface area contributed by atoms with Crippen LogP contribution in [0.3, 0.4) is 0 Å². The van der Waals surface area contributed by atoms with Crippen LogP contribution in [0.25, 0.3) is 38.8 Å². The maximum atomic E-state index is 6.83. The van der Waals surface area contributed by atoms with Crippen molar-refractivity contribution < 1.29 is 25.8 Å². The van der Waals surface area contributed by atoms with Crippen molar-refractivity contribution in [2.75, 3.05) is 9.80 Å². The van der Waals surface area contributed by atoms with E-state index in [1.54, 1.807) is 0 Å². The summed E-state index contributed by atoms with van der Waals surface area (Å²) >= 11 is 0. The summed E-state index contributed by atoms with van der Waals surface area (Å²) in [5.74, 6) is 2.10. The molecule has 0 atom stereocenters. The average Bonchev–Trinajstić information content (AvgIpc) is 3.87. The Labute approximate surface area is 401 Å². The first-order valence-electron chi connectivity index (χ1n) is 22.4. The van der Waals surface area contributed by atoms with E-state index in [-0.39, 0.29) is 42.7 Å². The van der Waals surface area contributed by atoms with Crippen LogP contribution in [0.4, 0.5) is 11.4 Å². The van der Waals surface area contributed by atoms with Gasteiger partial charge in [-0.15, -0.1) is 53.6 Å². The second-order valence-corrected chi connectivity index (χ2v) is 20.8. The maximum Gasteiger partial charge on any atom is 0.135 e. The van der Waals surface area contributed by atoms with Crippen molar-refractivity contribution in [3.63, 3.8) is 0 Å². The molecule has 0 N–H and O–H groups in total. The summed E-state index contributed by atoms with van der Waals surface area (Å²) in [6.45, 7) is 27.1. The summed E-state index contributed by atoms with van der Waals surface area (Å²) in [4.78, 5) is 9.45. The van der Waals surface area contributed by atoms with E-state index in [1.165, 1.54) is 33.5 Å². The molecular weight excluding hydrogens is 976 g/mol.